The van der Waals surface area contributed by atoms with E-state index in [1.165, 1.54) is 17.8 Å². The molecule has 3 N–H and O–H groups in total. The highest BCUT2D eigenvalue weighted by Crippen LogP contribution is 2.33. The first-order valence-corrected chi connectivity index (χ1v) is 8.96. The summed E-state index contributed by atoms with van der Waals surface area (Å²) in [6.07, 6.45) is 4.57. The molecule has 0 saturated carbocycles. The summed E-state index contributed by atoms with van der Waals surface area (Å²) in [4.78, 5) is 18.4. The number of thiophene rings is 1. The Hall–Kier alpha value is -1.40. The van der Waals surface area contributed by atoms with Crippen molar-refractivity contribution < 1.29 is 4.79 Å². The monoisotopic (exact) mass is 323 g/mol. The van der Waals surface area contributed by atoms with E-state index in [1.807, 2.05) is 17.5 Å². The van der Waals surface area contributed by atoms with Crippen molar-refractivity contribution in [3.8, 4) is 10.6 Å². The Morgan fingerprint density at radius 1 is 1.43 bits per heavy atom. The fourth-order valence-electron chi connectivity index (χ4n) is 2.06. The molecule has 1 amide bonds. The van der Waals surface area contributed by atoms with Crippen LogP contribution >= 0.6 is 22.7 Å². The molecule has 0 unspecified atom stereocenters. The second-order valence-corrected chi connectivity index (χ2v) is 6.92. The first-order chi connectivity index (χ1) is 10.2. The third-order valence-electron chi connectivity index (χ3n) is 3.15. The topological polar surface area (TPSA) is 68.0 Å². The Bertz CT molecular complexity index is 563. The number of unbranched alkanes of at least 4 members (excludes halogenated alkanes) is 2. The SMILES string of the molecule is CCCCCNC(=O)CCc1sc(N)nc1-c1cccs1. The molecule has 21 heavy (non-hydrogen) atoms. The lowest BCUT2D eigenvalue weighted by Crippen LogP contribution is -2.24. The van der Waals surface area contributed by atoms with Crippen LogP contribution in [0.5, 0.6) is 0 Å². The normalized spacial score (nSPS) is 10.7. The highest BCUT2D eigenvalue weighted by molar-refractivity contribution is 7.17. The summed E-state index contributed by atoms with van der Waals surface area (Å²) >= 11 is 3.13. The lowest BCUT2D eigenvalue weighted by atomic mass is 10.2. The molecule has 0 aliphatic rings. The molecule has 0 atom stereocenters. The van der Waals surface area contributed by atoms with Crippen molar-refractivity contribution in [2.24, 2.45) is 0 Å². The number of aromatic nitrogens is 1. The fourth-order valence-corrected chi connectivity index (χ4v) is 3.72. The zero-order valence-electron chi connectivity index (χ0n) is 12.2. The van der Waals surface area contributed by atoms with Crippen molar-refractivity contribution in [1.82, 2.24) is 10.3 Å². The number of thiazole rings is 1. The molecule has 4 nitrogen and oxygen atoms in total. The van der Waals surface area contributed by atoms with E-state index in [9.17, 15) is 4.79 Å². The van der Waals surface area contributed by atoms with Crippen molar-refractivity contribution in [2.75, 3.05) is 12.3 Å². The quantitative estimate of drug-likeness (QED) is 0.728. The molecule has 0 aliphatic heterocycles. The van der Waals surface area contributed by atoms with Gasteiger partial charge in [0.05, 0.1) is 10.6 Å². The van der Waals surface area contributed by atoms with Gasteiger partial charge in [-0.15, -0.1) is 22.7 Å². The summed E-state index contributed by atoms with van der Waals surface area (Å²) in [5, 5.41) is 5.55. The van der Waals surface area contributed by atoms with E-state index in [4.69, 9.17) is 5.73 Å². The lowest BCUT2D eigenvalue weighted by molar-refractivity contribution is -0.121. The lowest BCUT2D eigenvalue weighted by Gasteiger charge is -2.04. The van der Waals surface area contributed by atoms with Crippen LogP contribution in [0.25, 0.3) is 10.6 Å². The summed E-state index contributed by atoms with van der Waals surface area (Å²) in [5.74, 6) is 0.107. The molecule has 0 aromatic carbocycles. The van der Waals surface area contributed by atoms with Crippen molar-refractivity contribution in [2.45, 2.75) is 39.0 Å². The molecule has 0 fully saturated rings. The van der Waals surface area contributed by atoms with Crippen LogP contribution in [0.3, 0.4) is 0 Å². The second kappa shape index (κ2) is 8.14. The van der Waals surface area contributed by atoms with Gasteiger partial charge in [-0.2, -0.15) is 0 Å². The summed E-state index contributed by atoms with van der Waals surface area (Å²) in [6, 6.07) is 4.03. The van der Waals surface area contributed by atoms with Crippen molar-refractivity contribution in [1.29, 1.82) is 0 Å². The number of amides is 1. The molecule has 6 heteroatoms. The minimum Gasteiger partial charge on any atom is -0.375 e. The van der Waals surface area contributed by atoms with Crippen LogP contribution in [-0.2, 0) is 11.2 Å². The van der Waals surface area contributed by atoms with Gasteiger partial charge in [-0.1, -0.05) is 25.8 Å². The average molecular weight is 323 g/mol. The highest BCUT2D eigenvalue weighted by atomic mass is 32.1. The number of carbonyl (C=O) groups excluding carboxylic acids is 1. The van der Waals surface area contributed by atoms with Crippen LogP contribution in [0, 0.1) is 0 Å². The van der Waals surface area contributed by atoms with Gasteiger partial charge in [0, 0.05) is 17.8 Å². The molecular formula is C15H21N3OS2. The van der Waals surface area contributed by atoms with Gasteiger partial charge in [-0.3, -0.25) is 4.79 Å². The number of nitrogens with zero attached hydrogens (tertiary/aromatic N) is 1. The Labute approximate surface area is 133 Å². The van der Waals surface area contributed by atoms with Gasteiger partial charge in [-0.05, 0) is 24.3 Å². The van der Waals surface area contributed by atoms with Gasteiger partial charge in [-0.25, -0.2) is 4.98 Å². The Morgan fingerprint density at radius 2 is 2.29 bits per heavy atom. The molecule has 0 saturated heterocycles. The van der Waals surface area contributed by atoms with E-state index in [0.29, 0.717) is 18.0 Å². The van der Waals surface area contributed by atoms with E-state index >= 15 is 0 Å². The second-order valence-electron chi connectivity index (χ2n) is 4.86. The molecule has 0 aliphatic carbocycles. The van der Waals surface area contributed by atoms with Gasteiger partial charge in [0.1, 0.15) is 0 Å². The Balaban J connectivity index is 1.87. The molecule has 0 spiro atoms. The number of aryl methyl sites for hydroxylation is 1. The van der Waals surface area contributed by atoms with Gasteiger partial charge in [0.15, 0.2) is 5.13 Å². The summed E-state index contributed by atoms with van der Waals surface area (Å²) in [6.45, 7) is 2.93. The summed E-state index contributed by atoms with van der Waals surface area (Å²) in [7, 11) is 0. The Kier molecular flexibility index (Phi) is 6.20. The number of hydrogen-bond donors (Lipinski definition) is 2. The average Bonchev–Trinajstić information content (AvgIpc) is 3.10. The molecule has 114 valence electrons. The zero-order valence-corrected chi connectivity index (χ0v) is 13.9. The number of nitrogens with one attached hydrogen (secondary N) is 1. The summed E-state index contributed by atoms with van der Waals surface area (Å²) in [5.41, 5.74) is 6.75. The van der Waals surface area contributed by atoms with Crippen molar-refractivity contribution in [3.63, 3.8) is 0 Å². The van der Waals surface area contributed by atoms with Gasteiger partial charge in [0.25, 0.3) is 0 Å². The molecule has 2 rings (SSSR count). The molecule has 2 heterocycles. The van der Waals surface area contributed by atoms with Crippen LogP contribution in [-0.4, -0.2) is 17.4 Å². The summed E-state index contributed by atoms with van der Waals surface area (Å²) < 4.78 is 0. The van der Waals surface area contributed by atoms with Crippen LogP contribution in [0.1, 0.15) is 37.5 Å². The number of anilines is 1. The fraction of sp³-hybridized carbons (Fsp3) is 0.467. The van der Waals surface area contributed by atoms with Crippen LogP contribution in [0.4, 0.5) is 5.13 Å². The van der Waals surface area contributed by atoms with Crippen LogP contribution < -0.4 is 11.1 Å². The van der Waals surface area contributed by atoms with Crippen molar-refractivity contribution >= 4 is 33.7 Å². The predicted molar refractivity (Wildman–Crippen MR) is 90.7 cm³/mol. The molecule has 2 aromatic rings. The maximum atomic E-state index is 11.8. The highest BCUT2D eigenvalue weighted by Gasteiger charge is 2.13. The molecule has 0 bridgehead atoms. The standard InChI is InChI=1S/C15H21N3OS2/c1-2-3-4-9-17-13(19)8-7-12-14(18-15(16)21-12)11-6-5-10-20-11/h5-6,10H,2-4,7-9H2,1H3,(H2,16,18)(H,17,19). The van der Waals surface area contributed by atoms with E-state index in [-0.39, 0.29) is 5.91 Å². The van der Waals surface area contributed by atoms with E-state index in [0.717, 1.165) is 34.8 Å². The van der Waals surface area contributed by atoms with Crippen molar-refractivity contribution in [3.05, 3.63) is 22.4 Å². The van der Waals surface area contributed by atoms with Gasteiger partial charge in [0.2, 0.25) is 5.91 Å². The first kappa shape index (κ1) is 16.0. The third-order valence-corrected chi connectivity index (χ3v) is 4.97. The largest absolute Gasteiger partial charge is 0.375 e. The number of carbonyl (C=O) groups is 1. The minimum atomic E-state index is 0.107. The van der Waals surface area contributed by atoms with Gasteiger partial charge < -0.3 is 11.1 Å². The number of hydrogen-bond acceptors (Lipinski definition) is 5. The van der Waals surface area contributed by atoms with Crippen LogP contribution in [0.15, 0.2) is 17.5 Å². The maximum Gasteiger partial charge on any atom is 0.220 e. The van der Waals surface area contributed by atoms with E-state index in [1.54, 1.807) is 11.3 Å². The Morgan fingerprint density at radius 3 is 3.00 bits per heavy atom. The number of nitrogen functional groups attached to an aromatic ring is 1. The number of nitrogens with two attached hydrogens (primary N) is 1. The van der Waals surface area contributed by atoms with E-state index in [2.05, 4.69) is 17.2 Å². The maximum absolute atomic E-state index is 11.8. The third kappa shape index (κ3) is 4.82. The predicted octanol–water partition coefficient (Wildman–Crippen LogP) is 3.69. The smallest absolute Gasteiger partial charge is 0.220 e. The number of rotatable bonds is 8. The first-order valence-electron chi connectivity index (χ1n) is 7.26. The van der Waals surface area contributed by atoms with Crippen LogP contribution in [0.2, 0.25) is 0 Å². The van der Waals surface area contributed by atoms with Gasteiger partial charge >= 0.3 is 0 Å². The zero-order chi connectivity index (χ0) is 15.1. The molecule has 0 radical (unpaired) electrons. The molecule has 2 aromatic heterocycles. The van der Waals surface area contributed by atoms with E-state index < -0.39 is 0 Å². The molecular weight excluding hydrogens is 302 g/mol. The minimum absolute atomic E-state index is 0.107.